The molecule has 0 unspecified atom stereocenters. The number of amides is 1. The van der Waals surface area contributed by atoms with E-state index < -0.39 is 9.84 Å². The molecule has 1 amide bonds. The molecule has 0 spiro atoms. The zero-order valence-electron chi connectivity index (χ0n) is 11.5. The largest absolute Gasteiger partial charge is 0.381 e. The van der Waals surface area contributed by atoms with Crippen molar-refractivity contribution in [2.75, 3.05) is 26.0 Å². The summed E-state index contributed by atoms with van der Waals surface area (Å²) in [7, 11) is -3.09. The average molecular weight is 297 g/mol. The summed E-state index contributed by atoms with van der Waals surface area (Å²) in [6, 6.07) is 6.73. The maximum Gasteiger partial charge on any atom is 0.251 e. The van der Waals surface area contributed by atoms with Gasteiger partial charge in [-0.2, -0.15) is 0 Å². The van der Waals surface area contributed by atoms with E-state index in [9.17, 15) is 13.2 Å². The molecule has 1 N–H and O–H groups in total. The second kappa shape index (κ2) is 6.37. The van der Waals surface area contributed by atoms with E-state index in [1.165, 1.54) is 6.26 Å². The summed E-state index contributed by atoms with van der Waals surface area (Å²) in [5.74, 6) is 0.148. The Hall–Kier alpha value is -1.40. The van der Waals surface area contributed by atoms with E-state index in [0.29, 0.717) is 30.2 Å². The minimum atomic E-state index is -3.09. The van der Waals surface area contributed by atoms with E-state index in [2.05, 4.69) is 5.32 Å². The molecule has 1 aromatic carbocycles. The molecule has 110 valence electrons. The first-order valence-electron chi connectivity index (χ1n) is 6.56. The average Bonchev–Trinajstić information content (AvgIpc) is 2.87. The van der Waals surface area contributed by atoms with Gasteiger partial charge in [-0.3, -0.25) is 4.79 Å². The number of hydrogen-bond donors (Lipinski definition) is 1. The van der Waals surface area contributed by atoms with Crippen LogP contribution in [0.3, 0.4) is 0 Å². The smallest absolute Gasteiger partial charge is 0.251 e. The van der Waals surface area contributed by atoms with Crippen LogP contribution < -0.4 is 5.32 Å². The van der Waals surface area contributed by atoms with Gasteiger partial charge in [0.1, 0.15) is 0 Å². The molecule has 1 atom stereocenters. The van der Waals surface area contributed by atoms with Gasteiger partial charge in [0.2, 0.25) is 0 Å². The molecule has 1 aliphatic heterocycles. The van der Waals surface area contributed by atoms with Crippen LogP contribution in [-0.2, 0) is 20.3 Å². The van der Waals surface area contributed by atoms with Gasteiger partial charge in [-0.05, 0) is 24.1 Å². The molecular formula is C14H19NO4S. The monoisotopic (exact) mass is 297 g/mol. The zero-order valence-corrected chi connectivity index (χ0v) is 12.3. The van der Waals surface area contributed by atoms with E-state index in [1.54, 1.807) is 24.3 Å². The molecule has 1 aliphatic rings. The SMILES string of the molecule is CS(=O)(=O)Cc1cccc(C(=O)NC[C@H]2CCOC2)c1. The van der Waals surface area contributed by atoms with Crippen LogP contribution in [0.4, 0.5) is 0 Å². The first-order chi connectivity index (χ1) is 9.44. The molecule has 6 heteroatoms. The van der Waals surface area contributed by atoms with Crippen LogP contribution in [0.2, 0.25) is 0 Å². The second-order valence-corrected chi connectivity index (χ2v) is 7.35. The van der Waals surface area contributed by atoms with Crippen LogP contribution in [-0.4, -0.2) is 40.3 Å². The van der Waals surface area contributed by atoms with Crippen molar-refractivity contribution < 1.29 is 17.9 Å². The molecule has 5 nitrogen and oxygen atoms in total. The van der Waals surface area contributed by atoms with Crippen molar-refractivity contribution in [2.45, 2.75) is 12.2 Å². The van der Waals surface area contributed by atoms with Gasteiger partial charge in [0.05, 0.1) is 12.4 Å². The Balaban J connectivity index is 1.96. The van der Waals surface area contributed by atoms with E-state index in [-0.39, 0.29) is 11.7 Å². The zero-order chi connectivity index (χ0) is 14.6. The number of hydrogen-bond acceptors (Lipinski definition) is 4. The highest BCUT2D eigenvalue weighted by Gasteiger charge is 2.17. The van der Waals surface area contributed by atoms with Gasteiger partial charge in [0.25, 0.3) is 5.91 Å². The van der Waals surface area contributed by atoms with Crippen molar-refractivity contribution in [1.29, 1.82) is 0 Å². The third-order valence-corrected chi connectivity index (χ3v) is 4.05. The molecule has 0 bridgehead atoms. The first kappa shape index (κ1) is 15.0. The lowest BCUT2D eigenvalue weighted by atomic mass is 10.1. The molecule has 1 heterocycles. The van der Waals surface area contributed by atoms with Crippen LogP contribution in [0.25, 0.3) is 0 Å². The van der Waals surface area contributed by atoms with Crippen molar-refractivity contribution in [2.24, 2.45) is 5.92 Å². The molecule has 2 rings (SSSR count). The summed E-state index contributed by atoms with van der Waals surface area (Å²) < 4.78 is 27.8. The van der Waals surface area contributed by atoms with Crippen molar-refractivity contribution in [3.05, 3.63) is 35.4 Å². The topological polar surface area (TPSA) is 72.5 Å². The second-order valence-electron chi connectivity index (χ2n) is 5.21. The van der Waals surface area contributed by atoms with E-state index in [0.717, 1.165) is 13.0 Å². The normalized spacial score (nSPS) is 18.9. The van der Waals surface area contributed by atoms with Crippen molar-refractivity contribution in [3.63, 3.8) is 0 Å². The van der Waals surface area contributed by atoms with Gasteiger partial charge in [0.15, 0.2) is 9.84 Å². The van der Waals surface area contributed by atoms with Crippen molar-refractivity contribution in [3.8, 4) is 0 Å². The highest BCUT2D eigenvalue weighted by Crippen LogP contribution is 2.12. The fourth-order valence-electron chi connectivity index (χ4n) is 2.19. The highest BCUT2D eigenvalue weighted by atomic mass is 32.2. The molecule has 1 saturated heterocycles. The quantitative estimate of drug-likeness (QED) is 0.880. The lowest BCUT2D eigenvalue weighted by Gasteiger charge is -2.10. The lowest BCUT2D eigenvalue weighted by molar-refractivity contribution is 0.0945. The summed E-state index contributed by atoms with van der Waals surface area (Å²) in [6.45, 7) is 2.04. The van der Waals surface area contributed by atoms with Crippen LogP contribution in [0.15, 0.2) is 24.3 Å². The predicted octanol–water partition coefficient (Wildman–Crippen LogP) is 0.997. The number of ether oxygens (including phenoxy) is 1. The lowest BCUT2D eigenvalue weighted by Crippen LogP contribution is -2.29. The Kier molecular flexibility index (Phi) is 4.77. The maximum atomic E-state index is 12.0. The van der Waals surface area contributed by atoms with Crippen LogP contribution in [0.5, 0.6) is 0 Å². The molecular weight excluding hydrogens is 278 g/mol. The van der Waals surface area contributed by atoms with Crippen LogP contribution >= 0.6 is 0 Å². The minimum Gasteiger partial charge on any atom is -0.381 e. The van der Waals surface area contributed by atoms with Gasteiger partial charge >= 0.3 is 0 Å². The molecule has 20 heavy (non-hydrogen) atoms. The fraction of sp³-hybridized carbons (Fsp3) is 0.500. The number of nitrogens with one attached hydrogen (secondary N) is 1. The number of carbonyl (C=O) groups is 1. The Bertz CT molecular complexity index is 577. The Morgan fingerprint density at radius 1 is 1.45 bits per heavy atom. The number of carbonyl (C=O) groups excluding carboxylic acids is 1. The van der Waals surface area contributed by atoms with E-state index in [4.69, 9.17) is 4.74 Å². The number of rotatable bonds is 5. The standard InChI is InChI=1S/C14H19NO4S/c1-20(17,18)10-11-3-2-4-13(7-11)14(16)15-8-12-5-6-19-9-12/h2-4,7,12H,5-6,8-10H2,1H3,(H,15,16)/t12-/m1/s1. The summed E-state index contributed by atoms with van der Waals surface area (Å²) >= 11 is 0. The molecule has 1 aromatic rings. The Morgan fingerprint density at radius 3 is 2.90 bits per heavy atom. The highest BCUT2D eigenvalue weighted by molar-refractivity contribution is 7.89. The van der Waals surface area contributed by atoms with Gasteiger partial charge < -0.3 is 10.1 Å². The summed E-state index contributed by atoms with van der Waals surface area (Å²) in [4.78, 5) is 12.0. The van der Waals surface area contributed by atoms with Crippen molar-refractivity contribution >= 4 is 15.7 Å². The van der Waals surface area contributed by atoms with Gasteiger partial charge in [-0.1, -0.05) is 12.1 Å². The number of sulfone groups is 1. The first-order valence-corrected chi connectivity index (χ1v) is 8.63. The van der Waals surface area contributed by atoms with E-state index >= 15 is 0 Å². The number of benzene rings is 1. The maximum absolute atomic E-state index is 12.0. The van der Waals surface area contributed by atoms with E-state index in [1.807, 2.05) is 0 Å². The van der Waals surface area contributed by atoms with Gasteiger partial charge in [-0.15, -0.1) is 0 Å². The third-order valence-electron chi connectivity index (χ3n) is 3.19. The summed E-state index contributed by atoms with van der Waals surface area (Å²) in [6.07, 6.45) is 2.15. The Morgan fingerprint density at radius 2 is 2.25 bits per heavy atom. The van der Waals surface area contributed by atoms with Crippen LogP contribution in [0, 0.1) is 5.92 Å². The summed E-state index contributed by atoms with van der Waals surface area (Å²) in [5.41, 5.74) is 1.12. The molecule has 0 saturated carbocycles. The molecule has 0 aromatic heterocycles. The fourth-order valence-corrected chi connectivity index (χ4v) is 2.97. The summed E-state index contributed by atoms with van der Waals surface area (Å²) in [5, 5.41) is 2.86. The molecule has 0 aliphatic carbocycles. The van der Waals surface area contributed by atoms with Crippen molar-refractivity contribution in [1.82, 2.24) is 5.32 Å². The van der Waals surface area contributed by atoms with Crippen LogP contribution in [0.1, 0.15) is 22.3 Å². The molecule has 1 fully saturated rings. The molecule has 0 radical (unpaired) electrons. The predicted molar refractivity (Wildman–Crippen MR) is 76.2 cm³/mol. The van der Waals surface area contributed by atoms with Gasteiger partial charge in [0, 0.05) is 30.9 Å². The Labute approximate surface area is 119 Å². The van der Waals surface area contributed by atoms with Gasteiger partial charge in [-0.25, -0.2) is 8.42 Å². The minimum absolute atomic E-state index is 0.0510. The third kappa shape index (κ3) is 4.61.